The van der Waals surface area contributed by atoms with Gasteiger partial charge in [0.15, 0.2) is 5.78 Å². The Kier molecular flexibility index (Phi) is 7.00. The number of ether oxygens (including phenoxy) is 2. The minimum Gasteiger partial charge on any atom is -0.489 e. The summed E-state index contributed by atoms with van der Waals surface area (Å²) in [6, 6.07) is 23.9. The van der Waals surface area contributed by atoms with Crippen molar-refractivity contribution in [3.63, 3.8) is 0 Å². The maximum Gasteiger partial charge on any atom is 0.255 e. The molecule has 0 atom stereocenters. The molecule has 0 aliphatic carbocycles. The van der Waals surface area contributed by atoms with Gasteiger partial charge in [-0.15, -0.1) is 0 Å². The van der Waals surface area contributed by atoms with E-state index < -0.39 is 0 Å². The van der Waals surface area contributed by atoms with Crippen molar-refractivity contribution in [2.75, 3.05) is 13.2 Å². The van der Waals surface area contributed by atoms with Crippen molar-refractivity contribution < 1.29 is 19.1 Å². The summed E-state index contributed by atoms with van der Waals surface area (Å²) < 4.78 is 11.4. The van der Waals surface area contributed by atoms with Crippen LogP contribution < -0.4 is 14.8 Å². The van der Waals surface area contributed by atoms with E-state index in [4.69, 9.17) is 9.47 Å². The minimum absolute atomic E-state index is 0.0537. The van der Waals surface area contributed by atoms with E-state index in [1.807, 2.05) is 42.5 Å². The van der Waals surface area contributed by atoms with Gasteiger partial charge in [-0.2, -0.15) is 0 Å². The summed E-state index contributed by atoms with van der Waals surface area (Å²) in [5.74, 6) is 0.758. The fourth-order valence-electron chi connectivity index (χ4n) is 2.84. The summed E-state index contributed by atoms with van der Waals surface area (Å²) >= 11 is 0. The van der Waals surface area contributed by atoms with E-state index in [0.717, 1.165) is 5.56 Å². The predicted octanol–water partition coefficient (Wildman–Crippen LogP) is 4.28. The Bertz CT molecular complexity index is 969. The van der Waals surface area contributed by atoms with E-state index in [1.54, 1.807) is 36.4 Å². The molecule has 1 amide bonds. The number of para-hydroxylation sites is 2. The second kappa shape index (κ2) is 10.1. The average molecular weight is 389 g/mol. The largest absolute Gasteiger partial charge is 0.489 e. The molecule has 0 aromatic heterocycles. The van der Waals surface area contributed by atoms with Crippen molar-refractivity contribution >= 4 is 11.7 Å². The lowest BCUT2D eigenvalue weighted by Crippen LogP contribution is -2.23. The van der Waals surface area contributed by atoms with Crippen LogP contribution in [0.2, 0.25) is 0 Å². The van der Waals surface area contributed by atoms with Crippen LogP contribution in [0.4, 0.5) is 0 Å². The van der Waals surface area contributed by atoms with Gasteiger partial charge in [-0.1, -0.05) is 54.6 Å². The third kappa shape index (κ3) is 5.69. The second-order valence-corrected chi connectivity index (χ2v) is 6.41. The molecule has 3 aromatic carbocycles. The Morgan fingerprint density at radius 1 is 0.724 bits per heavy atom. The van der Waals surface area contributed by atoms with Crippen LogP contribution in [-0.2, 0) is 6.54 Å². The van der Waals surface area contributed by atoms with Crippen molar-refractivity contribution in [1.29, 1.82) is 0 Å². The Morgan fingerprint density at radius 2 is 1.24 bits per heavy atom. The van der Waals surface area contributed by atoms with Gasteiger partial charge in [0.2, 0.25) is 0 Å². The molecule has 0 heterocycles. The highest BCUT2D eigenvalue weighted by molar-refractivity contribution is 5.97. The highest BCUT2D eigenvalue weighted by atomic mass is 16.5. The molecule has 29 heavy (non-hydrogen) atoms. The number of hydrogen-bond acceptors (Lipinski definition) is 4. The van der Waals surface area contributed by atoms with Gasteiger partial charge in [0, 0.05) is 6.54 Å². The van der Waals surface area contributed by atoms with Gasteiger partial charge < -0.3 is 14.8 Å². The molecular weight excluding hydrogens is 366 g/mol. The molecule has 0 aliphatic heterocycles. The lowest BCUT2D eigenvalue weighted by molar-refractivity contribution is 0.0943. The van der Waals surface area contributed by atoms with Gasteiger partial charge >= 0.3 is 0 Å². The third-order valence-electron chi connectivity index (χ3n) is 4.29. The van der Waals surface area contributed by atoms with Crippen LogP contribution in [0.5, 0.6) is 11.5 Å². The molecule has 3 rings (SSSR count). The summed E-state index contributed by atoms with van der Waals surface area (Å²) in [4.78, 5) is 24.2. The van der Waals surface area contributed by atoms with Gasteiger partial charge in [-0.05, 0) is 36.8 Å². The molecule has 0 saturated heterocycles. The first-order chi connectivity index (χ1) is 14.1. The summed E-state index contributed by atoms with van der Waals surface area (Å²) in [6.45, 7) is 2.45. The maximum absolute atomic E-state index is 12.6. The number of rotatable bonds is 9. The molecule has 0 aliphatic rings. The zero-order valence-electron chi connectivity index (χ0n) is 16.3. The smallest absolute Gasteiger partial charge is 0.255 e. The first-order valence-electron chi connectivity index (χ1n) is 9.42. The van der Waals surface area contributed by atoms with Crippen molar-refractivity contribution in [3.8, 4) is 11.5 Å². The maximum atomic E-state index is 12.6. The van der Waals surface area contributed by atoms with Crippen LogP contribution in [0.3, 0.4) is 0 Å². The standard InChI is InChI=1S/C24H23NO4/c1-18(26)20-11-5-7-13-22(20)28-15-16-29-23-14-8-6-12-21(23)24(27)25-17-19-9-3-2-4-10-19/h2-14H,15-17H2,1H3,(H,25,27). The van der Waals surface area contributed by atoms with Crippen LogP contribution in [0, 0.1) is 0 Å². The van der Waals surface area contributed by atoms with E-state index in [2.05, 4.69) is 5.32 Å². The van der Waals surface area contributed by atoms with E-state index in [9.17, 15) is 9.59 Å². The zero-order valence-corrected chi connectivity index (χ0v) is 16.3. The van der Waals surface area contributed by atoms with Crippen molar-refractivity contribution in [2.24, 2.45) is 0 Å². The first kappa shape index (κ1) is 20.1. The highest BCUT2D eigenvalue weighted by Crippen LogP contribution is 2.20. The summed E-state index contributed by atoms with van der Waals surface area (Å²) in [5, 5.41) is 2.90. The lowest BCUT2D eigenvalue weighted by atomic mass is 10.1. The SMILES string of the molecule is CC(=O)c1ccccc1OCCOc1ccccc1C(=O)NCc1ccccc1. The molecule has 5 nitrogen and oxygen atoms in total. The van der Waals surface area contributed by atoms with Crippen molar-refractivity contribution in [3.05, 3.63) is 95.6 Å². The molecular formula is C24H23NO4. The molecule has 1 N–H and O–H groups in total. The van der Waals surface area contributed by atoms with Crippen LogP contribution in [0.1, 0.15) is 33.2 Å². The zero-order chi connectivity index (χ0) is 20.5. The highest BCUT2D eigenvalue weighted by Gasteiger charge is 2.12. The van der Waals surface area contributed by atoms with Crippen molar-refractivity contribution in [1.82, 2.24) is 5.32 Å². The van der Waals surface area contributed by atoms with Crippen LogP contribution in [0.25, 0.3) is 0 Å². The fourth-order valence-corrected chi connectivity index (χ4v) is 2.84. The summed E-state index contributed by atoms with van der Waals surface area (Å²) in [5.41, 5.74) is 2.03. The molecule has 148 valence electrons. The minimum atomic E-state index is -0.202. The molecule has 0 radical (unpaired) electrons. The third-order valence-corrected chi connectivity index (χ3v) is 4.29. The topological polar surface area (TPSA) is 64.6 Å². The van der Waals surface area contributed by atoms with Crippen molar-refractivity contribution in [2.45, 2.75) is 13.5 Å². The Balaban J connectivity index is 1.55. The van der Waals surface area contributed by atoms with E-state index in [0.29, 0.717) is 29.2 Å². The summed E-state index contributed by atoms with van der Waals surface area (Å²) in [6.07, 6.45) is 0. The van der Waals surface area contributed by atoms with E-state index >= 15 is 0 Å². The molecule has 0 bridgehead atoms. The average Bonchev–Trinajstić information content (AvgIpc) is 2.76. The van der Waals surface area contributed by atoms with Gasteiger partial charge in [0.05, 0.1) is 11.1 Å². The van der Waals surface area contributed by atoms with Gasteiger partial charge in [0.25, 0.3) is 5.91 Å². The molecule has 0 saturated carbocycles. The first-order valence-corrected chi connectivity index (χ1v) is 9.42. The number of nitrogens with one attached hydrogen (secondary N) is 1. The molecule has 0 spiro atoms. The molecule has 5 heteroatoms. The number of Topliss-reactive ketones (excluding diaryl/α,β-unsaturated/α-hetero) is 1. The number of carbonyl (C=O) groups is 2. The lowest BCUT2D eigenvalue weighted by Gasteiger charge is -2.13. The van der Waals surface area contributed by atoms with Gasteiger partial charge in [-0.25, -0.2) is 0 Å². The molecule has 0 fully saturated rings. The predicted molar refractivity (Wildman–Crippen MR) is 111 cm³/mol. The van der Waals surface area contributed by atoms with E-state index in [-0.39, 0.29) is 24.9 Å². The molecule has 0 unspecified atom stereocenters. The Morgan fingerprint density at radius 3 is 1.86 bits per heavy atom. The normalized spacial score (nSPS) is 10.2. The van der Waals surface area contributed by atoms with Gasteiger partial charge in [-0.3, -0.25) is 9.59 Å². The number of ketones is 1. The number of benzene rings is 3. The Hall–Kier alpha value is -3.60. The second-order valence-electron chi connectivity index (χ2n) is 6.41. The number of carbonyl (C=O) groups excluding carboxylic acids is 2. The molecule has 3 aromatic rings. The van der Waals surface area contributed by atoms with Crippen LogP contribution >= 0.6 is 0 Å². The number of hydrogen-bond donors (Lipinski definition) is 1. The van der Waals surface area contributed by atoms with E-state index in [1.165, 1.54) is 6.92 Å². The monoisotopic (exact) mass is 389 g/mol. The summed E-state index contributed by atoms with van der Waals surface area (Å²) in [7, 11) is 0. The van der Waals surface area contributed by atoms with Crippen LogP contribution in [-0.4, -0.2) is 24.9 Å². The number of amides is 1. The quantitative estimate of drug-likeness (QED) is 0.438. The Labute approximate surface area is 170 Å². The fraction of sp³-hybridized carbons (Fsp3) is 0.167. The van der Waals surface area contributed by atoms with Crippen LogP contribution in [0.15, 0.2) is 78.9 Å². The van der Waals surface area contributed by atoms with Gasteiger partial charge in [0.1, 0.15) is 24.7 Å².